The molecule has 1 heterocycles. The Labute approximate surface area is 178 Å². The zero-order valence-electron chi connectivity index (χ0n) is 15.7. The van der Waals surface area contributed by atoms with Gasteiger partial charge in [-0.3, -0.25) is 4.79 Å². The number of aliphatic imine (C=N–C) groups is 1. The predicted molar refractivity (Wildman–Crippen MR) is 114 cm³/mol. The molecule has 1 aliphatic heterocycles. The molecule has 0 aromatic heterocycles. The molecular formula is C24H16ClNO4. The minimum absolute atomic E-state index is 0.117. The third kappa shape index (κ3) is 4.64. The minimum Gasteiger partial charge on any atom is -0.426 e. The molecule has 3 aromatic rings. The predicted octanol–water partition coefficient (Wildman–Crippen LogP) is 4.83. The third-order valence-corrected chi connectivity index (χ3v) is 4.59. The van der Waals surface area contributed by atoms with Gasteiger partial charge in [-0.2, -0.15) is 0 Å². The Morgan fingerprint density at radius 2 is 1.67 bits per heavy atom. The number of carbonyl (C=O) groups excluding carboxylic acids is 2. The Morgan fingerprint density at radius 1 is 0.967 bits per heavy atom. The number of nitrogens with zero attached hydrogens (tertiary/aromatic N) is 1. The second kappa shape index (κ2) is 8.76. The zero-order chi connectivity index (χ0) is 20.9. The first kappa shape index (κ1) is 19.6. The maximum absolute atomic E-state index is 12.3. The van der Waals surface area contributed by atoms with E-state index in [0.717, 1.165) is 5.56 Å². The minimum atomic E-state index is -0.578. The standard InChI is InChI=1S/C24H16ClNO4/c25-19-12-10-17(11-13-19)23-26-20(24(28)30-23)15-18-8-4-5-9-21(18)29-22(27)14-16-6-2-1-3-7-16/h1-13,15H,14H2/b20-15+. The summed E-state index contributed by atoms with van der Waals surface area (Å²) in [6, 6.07) is 23.1. The van der Waals surface area contributed by atoms with Crippen LogP contribution in [-0.2, 0) is 20.7 Å². The van der Waals surface area contributed by atoms with Gasteiger partial charge in [0.2, 0.25) is 5.90 Å². The van der Waals surface area contributed by atoms with E-state index in [1.165, 1.54) is 6.08 Å². The molecular weight excluding hydrogens is 402 g/mol. The van der Waals surface area contributed by atoms with Gasteiger partial charge in [0, 0.05) is 16.1 Å². The van der Waals surface area contributed by atoms with Crippen molar-refractivity contribution in [1.29, 1.82) is 0 Å². The lowest BCUT2D eigenvalue weighted by Gasteiger charge is -2.07. The molecule has 5 nitrogen and oxygen atoms in total. The van der Waals surface area contributed by atoms with E-state index < -0.39 is 11.9 Å². The largest absolute Gasteiger partial charge is 0.426 e. The molecule has 0 spiro atoms. The molecule has 30 heavy (non-hydrogen) atoms. The molecule has 0 saturated heterocycles. The molecule has 0 unspecified atom stereocenters. The zero-order valence-corrected chi connectivity index (χ0v) is 16.5. The van der Waals surface area contributed by atoms with E-state index in [9.17, 15) is 9.59 Å². The van der Waals surface area contributed by atoms with Crippen molar-refractivity contribution < 1.29 is 19.1 Å². The smallest absolute Gasteiger partial charge is 0.363 e. The molecule has 4 rings (SSSR count). The lowest BCUT2D eigenvalue weighted by atomic mass is 10.1. The maximum atomic E-state index is 12.3. The first-order valence-electron chi connectivity index (χ1n) is 9.20. The molecule has 0 bridgehead atoms. The molecule has 0 aliphatic carbocycles. The number of benzene rings is 3. The Balaban J connectivity index is 1.56. The van der Waals surface area contributed by atoms with Gasteiger partial charge in [0.05, 0.1) is 6.42 Å². The topological polar surface area (TPSA) is 65.0 Å². The van der Waals surface area contributed by atoms with E-state index in [0.29, 0.717) is 21.9 Å². The van der Waals surface area contributed by atoms with Crippen molar-refractivity contribution in [3.05, 3.63) is 106 Å². The van der Waals surface area contributed by atoms with Crippen molar-refractivity contribution in [3.8, 4) is 5.75 Å². The van der Waals surface area contributed by atoms with Crippen molar-refractivity contribution in [1.82, 2.24) is 0 Å². The summed E-state index contributed by atoms with van der Waals surface area (Å²) in [4.78, 5) is 28.9. The summed E-state index contributed by atoms with van der Waals surface area (Å²) >= 11 is 5.89. The summed E-state index contributed by atoms with van der Waals surface area (Å²) in [5.41, 5.74) is 2.16. The molecule has 0 saturated carbocycles. The number of rotatable bonds is 5. The highest BCUT2D eigenvalue weighted by atomic mass is 35.5. The van der Waals surface area contributed by atoms with Gasteiger partial charge >= 0.3 is 11.9 Å². The van der Waals surface area contributed by atoms with Gasteiger partial charge in [0.25, 0.3) is 0 Å². The van der Waals surface area contributed by atoms with E-state index in [2.05, 4.69) is 4.99 Å². The molecule has 0 N–H and O–H groups in total. The number of halogens is 1. The molecule has 6 heteroatoms. The first-order chi connectivity index (χ1) is 14.6. The molecule has 148 valence electrons. The molecule has 0 amide bonds. The summed E-state index contributed by atoms with van der Waals surface area (Å²) in [5, 5.41) is 0.575. The summed E-state index contributed by atoms with van der Waals surface area (Å²) in [6.07, 6.45) is 1.68. The molecule has 3 aromatic carbocycles. The Morgan fingerprint density at radius 3 is 2.43 bits per heavy atom. The lowest BCUT2D eigenvalue weighted by molar-refractivity contribution is -0.133. The van der Waals surface area contributed by atoms with Gasteiger partial charge in [0.15, 0.2) is 5.70 Å². The van der Waals surface area contributed by atoms with Crippen LogP contribution < -0.4 is 4.74 Å². The maximum Gasteiger partial charge on any atom is 0.363 e. The fraction of sp³-hybridized carbons (Fsp3) is 0.0417. The Hall–Kier alpha value is -3.70. The number of esters is 2. The summed E-state index contributed by atoms with van der Waals surface area (Å²) in [6.45, 7) is 0. The van der Waals surface area contributed by atoms with Crippen LogP contribution in [0.5, 0.6) is 5.75 Å². The normalized spacial score (nSPS) is 14.4. The summed E-state index contributed by atoms with van der Waals surface area (Å²) < 4.78 is 10.8. The van der Waals surface area contributed by atoms with Gasteiger partial charge < -0.3 is 9.47 Å². The second-order valence-electron chi connectivity index (χ2n) is 6.52. The van der Waals surface area contributed by atoms with E-state index in [4.69, 9.17) is 21.1 Å². The number of cyclic esters (lactones) is 1. The van der Waals surface area contributed by atoms with Crippen LogP contribution in [0, 0.1) is 0 Å². The van der Waals surface area contributed by atoms with Crippen LogP contribution in [0.3, 0.4) is 0 Å². The summed E-state index contributed by atoms with van der Waals surface area (Å²) in [5.74, 6) is -0.438. The van der Waals surface area contributed by atoms with Gasteiger partial charge in [-0.05, 0) is 42.0 Å². The Kier molecular flexibility index (Phi) is 5.72. The molecule has 1 aliphatic rings. The van der Waals surface area contributed by atoms with Crippen LogP contribution in [-0.4, -0.2) is 17.8 Å². The third-order valence-electron chi connectivity index (χ3n) is 4.34. The molecule has 0 radical (unpaired) electrons. The number of ether oxygens (including phenoxy) is 2. The van der Waals surface area contributed by atoms with E-state index >= 15 is 0 Å². The molecule has 0 fully saturated rings. The lowest BCUT2D eigenvalue weighted by Crippen LogP contribution is -2.12. The highest BCUT2D eigenvalue weighted by molar-refractivity contribution is 6.30. The number of para-hydroxylation sites is 1. The highest BCUT2D eigenvalue weighted by Crippen LogP contribution is 2.25. The fourth-order valence-corrected chi connectivity index (χ4v) is 3.01. The van der Waals surface area contributed by atoms with Crippen molar-refractivity contribution in [2.45, 2.75) is 6.42 Å². The highest BCUT2D eigenvalue weighted by Gasteiger charge is 2.24. The number of hydrogen-bond acceptors (Lipinski definition) is 5. The van der Waals surface area contributed by atoms with Crippen LogP contribution in [0.15, 0.2) is 89.6 Å². The van der Waals surface area contributed by atoms with Crippen LogP contribution in [0.4, 0.5) is 0 Å². The van der Waals surface area contributed by atoms with Crippen LogP contribution in [0.25, 0.3) is 6.08 Å². The fourth-order valence-electron chi connectivity index (χ4n) is 2.89. The van der Waals surface area contributed by atoms with Crippen molar-refractivity contribution in [2.75, 3.05) is 0 Å². The van der Waals surface area contributed by atoms with Crippen LogP contribution in [0.2, 0.25) is 5.02 Å². The van der Waals surface area contributed by atoms with Gasteiger partial charge in [0.1, 0.15) is 5.75 Å². The Bertz CT molecular complexity index is 1150. The van der Waals surface area contributed by atoms with Gasteiger partial charge in [-0.15, -0.1) is 0 Å². The molecule has 0 atom stereocenters. The SMILES string of the molecule is O=C(Cc1ccccc1)Oc1ccccc1/C=C1/N=C(c2ccc(Cl)cc2)OC1=O. The number of carbonyl (C=O) groups is 2. The van der Waals surface area contributed by atoms with Crippen LogP contribution in [0.1, 0.15) is 16.7 Å². The van der Waals surface area contributed by atoms with Crippen molar-refractivity contribution >= 4 is 35.5 Å². The average Bonchev–Trinajstić information content (AvgIpc) is 3.11. The number of hydrogen-bond donors (Lipinski definition) is 0. The van der Waals surface area contributed by atoms with Crippen molar-refractivity contribution in [2.24, 2.45) is 4.99 Å². The van der Waals surface area contributed by atoms with Crippen molar-refractivity contribution in [3.63, 3.8) is 0 Å². The van der Waals surface area contributed by atoms with E-state index in [1.807, 2.05) is 30.3 Å². The van der Waals surface area contributed by atoms with E-state index in [-0.39, 0.29) is 18.0 Å². The van der Waals surface area contributed by atoms with Crippen LogP contribution >= 0.6 is 11.6 Å². The second-order valence-corrected chi connectivity index (χ2v) is 6.95. The monoisotopic (exact) mass is 417 g/mol. The van der Waals surface area contributed by atoms with Gasteiger partial charge in [-0.1, -0.05) is 60.1 Å². The first-order valence-corrected chi connectivity index (χ1v) is 9.58. The summed E-state index contributed by atoms with van der Waals surface area (Å²) in [7, 11) is 0. The average molecular weight is 418 g/mol. The van der Waals surface area contributed by atoms with E-state index in [1.54, 1.807) is 48.5 Å². The quantitative estimate of drug-likeness (QED) is 0.339. The van der Waals surface area contributed by atoms with Gasteiger partial charge in [-0.25, -0.2) is 9.79 Å².